The molecule has 4 aromatic heterocycles. The molecule has 232 valence electrons. The average Bonchev–Trinajstić information content (AvgIpc) is 3.56. The number of halogens is 1. The molecule has 4 aromatic rings. The average molecular weight is 619 g/mol. The zero-order valence-electron chi connectivity index (χ0n) is 25.5. The van der Waals surface area contributed by atoms with Crippen molar-refractivity contribution in [1.29, 1.82) is 0 Å². The molecule has 0 radical (unpaired) electrons. The van der Waals surface area contributed by atoms with Gasteiger partial charge in [-0.1, -0.05) is 42.9 Å². The lowest BCUT2D eigenvalue weighted by Gasteiger charge is -2.46. The molecule has 1 saturated heterocycles. The number of carbonyl (C=O) groups is 1. The Morgan fingerprint density at radius 1 is 1.02 bits per heavy atom. The predicted octanol–water partition coefficient (Wildman–Crippen LogP) is 5.54. The number of aromatic amines is 1. The summed E-state index contributed by atoms with van der Waals surface area (Å²) in [6.45, 7) is 8.85. The summed E-state index contributed by atoms with van der Waals surface area (Å²) in [5, 5.41) is 4.41. The molecule has 2 saturated carbocycles. The number of anilines is 1. The van der Waals surface area contributed by atoms with Gasteiger partial charge in [0.25, 0.3) is 0 Å². The number of amides is 1. The second-order valence-electron chi connectivity index (χ2n) is 13.2. The van der Waals surface area contributed by atoms with Crippen molar-refractivity contribution in [2.75, 3.05) is 18.0 Å². The number of imidazole rings is 1. The Labute approximate surface area is 261 Å². The Kier molecular flexibility index (Phi) is 7.68. The second-order valence-corrected chi connectivity index (χ2v) is 13.6. The predicted molar refractivity (Wildman–Crippen MR) is 168 cm³/mol. The number of hydrogen-bond acceptors (Lipinski definition) is 8. The minimum absolute atomic E-state index is 0.0697. The molecule has 5 heterocycles. The summed E-state index contributed by atoms with van der Waals surface area (Å²) in [4.78, 5) is 46.8. The van der Waals surface area contributed by atoms with E-state index in [1.807, 2.05) is 12.1 Å². The molecular formula is C32H39ClN8O3. The summed E-state index contributed by atoms with van der Waals surface area (Å²) in [5.74, 6) is 2.18. The first-order chi connectivity index (χ1) is 21.2. The fourth-order valence-corrected chi connectivity index (χ4v) is 7.47. The van der Waals surface area contributed by atoms with Crippen LogP contribution in [0, 0.1) is 17.8 Å². The monoisotopic (exact) mass is 618 g/mol. The Hall–Kier alpha value is -3.73. The maximum atomic E-state index is 13.2. The second kappa shape index (κ2) is 11.6. The van der Waals surface area contributed by atoms with Crippen molar-refractivity contribution < 1.29 is 9.32 Å². The highest BCUT2D eigenvalue weighted by Gasteiger charge is 2.39. The molecule has 44 heavy (non-hydrogen) atoms. The van der Waals surface area contributed by atoms with Gasteiger partial charge in [0.2, 0.25) is 17.7 Å². The fraction of sp³-hybridized carbons (Fsp3) is 0.562. The van der Waals surface area contributed by atoms with Crippen LogP contribution in [0.2, 0.25) is 5.02 Å². The van der Waals surface area contributed by atoms with Gasteiger partial charge in [-0.3, -0.25) is 19.3 Å². The first-order valence-electron chi connectivity index (χ1n) is 15.9. The van der Waals surface area contributed by atoms with E-state index in [0.29, 0.717) is 41.3 Å². The quantitative estimate of drug-likeness (QED) is 0.298. The van der Waals surface area contributed by atoms with Gasteiger partial charge in [0.05, 0.1) is 21.7 Å². The SMILES string of the molecule is CC1CCC(Cn2c(N3C(C)CN(C(=O)C4CCC4)C[C@H]3C)nc3cc(-c4noc(=O)[nH]4)nc(-c4cncc(Cl)c4)c32)CC1. The summed E-state index contributed by atoms with van der Waals surface area (Å²) in [6.07, 6.45) is 11.3. The van der Waals surface area contributed by atoms with Crippen molar-refractivity contribution in [3.8, 4) is 22.8 Å². The van der Waals surface area contributed by atoms with Gasteiger partial charge in [0.15, 0.2) is 0 Å². The van der Waals surface area contributed by atoms with Crippen LogP contribution in [0.1, 0.15) is 65.7 Å². The molecule has 1 unspecified atom stereocenters. The van der Waals surface area contributed by atoms with Gasteiger partial charge in [0, 0.05) is 55.6 Å². The van der Waals surface area contributed by atoms with Crippen LogP contribution in [0.15, 0.2) is 33.8 Å². The molecule has 2 atom stereocenters. The molecule has 1 amide bonds. The molecule has 3 fully saturated rings. The van der Waals surface area contributed by atoms with E-state index in [-0.39, 0.29) is 23.8 Å². The van der Waals surface area contributed by atoms with Crippen molar-refractivity contribution in [3.63, 3.8) is 0 Å². The van der Waals surface area contributed by atoms with Gasteiger partial charge >= 0.3 is 5.76 Å². The molecule has 0 bridgehead atoms. The number of pyridine rings is 2. The Morgan fingerprint density at radius 3 is 2.41 bits per heavy atom. The summed E-state index contributed by atoms with van der Waals surface area (Å²) >= 11 is 6.43. The van der Waals surface area contributed by atoms with Crippen LogP contribution in [0.5, 0.6) is 0 Å². The summed E-state index contributed by atoms with van der Waals surface area (Å²) < 4.78 is 7.15. The first kappa shape index (κ1) is 29.0. The molecule has 11 nitrogen and oxygen atoms in total. The fourth-order valence-electron chi connectivity index (χ4n) is 7.30. The van der Waals surface area contributed by atoms with Crippen LogP contribution in [0.3, 0.4) is 0 Å². The van der Waals surface area contributed by atoms with Crippen molar-refractivity contribution in [2.24, 2.45) is 17.8 Å². The molecule has 0 spiro atoms. The van der Waals surface area contributed by atoms with Crippen LogP contribution >= 0.6 is 11.6 Å². The number of piperazine rings is 1. The Balaban J connectivity index is 1.37. The molecule has 3 aliphatic rings. The van der Waals surface area contributed by atoms with Crippen molar-refractivity contribution in [3.05, 3.63) is 40.1 Å². The van der Waals surface area contributed by atoms with E-state index < -0.39 is 5.76 Å². The normalized spacial score (nSPS) is 24.5. The molecule has 12 heteroatoms. The molecule has 0 aromatic carbocycles. The first-order valence-corrected chi connectivity index (χ1v) is 16.3. The van der Waals surface area contributed by atoms with E-state index in [1.54, 1.807) is 12.4 Å². The largest absolute Gasteiger partial charge is 0.439 e. The minimum Gasteiger partial charge on any atom is -0.338 e. The van der Waals surface area contributed by atoms with Crippen LogP contribution in [-0.4, -0.2) is 65.6 Å². The van der Waals surface area contributed by atoms with Crippen molar-refractivity contribution >= 4 is 34.5 Å². The topological polar surface area (TPSA) is 126 Å². The van der Waals surface area contributed by atoms with Gasteiger partial charge in [-0.15, -0.1) is 0 Å². The standard InChI is InChI=1S/C32H39ClN8O3/c1-18-7-9-21(10-8-18)17-40-28-25(36-31(40)41-19(2)15-39(16-20(41)3)30(42)22-5-4-6-22)12-26(29-37-32(43)44-38-29)35-27(28)23-11-24(33)14-34-13-23/h11-14,18-22H,4-10,15-17H2,1-3H3,(H,37,38,43)/t18?,19-,20?,21?/m1/s1. The maximum absolute atomic E-state index is 13.2. The minimum atomic E-state index is -0.650. The number of H-pyrrole nitrogens is 1. The summed E-state index contributed by atoms with van der Waals surface area (Å²) in [6, 6.07) is 3.85. The van der Waals surface area contributed by atoms with E-state index in [2.05, 4.69) is 50.3 Å². The Morgan fingerprint density at radius 2 is 1.77 bits per heavy atom. The highest BCUT2D eigenvalue weighted by atomic mass is 35.5. The summed E-state index contributed by atoms with van der Waals surface area (Å²) in [5.41, 5.74) is 3.48. The van der Waals surface area contributed by atoms with E-state index in [1.165, 1.54) is 12.8 Å². The van der Waals surface area contributed by atoms with Crippen LogP contribution in [0.25, 0.3) is 33.8 Å². The van der Waals surface area contributed by atoms with Crippen LogP contribution < -0.4 is 10.7 Å². The third-order valence-corrected chi connectivity index (χ3v) is 10.1. The number of nitrogens with zero attached hydrogens (tertiary/aromatic N) is 7. The number of nitrogens with one attached hydrogen (secondary N) is 1. The van der Waals surface area contributed by atoms with Gasteiger partial charge in [-0.25, -0.2) is 14.8 Å². The smallest absolute Gasteiger partial charge is 0.338 e. The number of rotatable bonds is 6. The van der Waals surface area contributed by atoms with Crippen molar-refractivity contribution in [2.45, 2.75) is 84.3 Å². The highest BCUT2D eigenvalue weighted by Crippen LogP contribution is 2.39. The number of carbonyl (C=O) groups excluding carboxylic acids is 1. The molecule has 1 N–H and O–H groups in total. The van der Waals surface area contributed by atoms with E-state index in [4.69, 9.17) is 26.1 Å². The van der Waals surface area contributed by atoms with E-state index in [9.17, 15) is 9.59 Å². The van der Waals surface area contributed by atoms with Gasteiger partial charge in [-0.2, -0.15) is 0 Å². The summed E-state index contributed by atoms with van der Waals surface area (Å²) in [7, 11) is 0. The lowest BCUT2D eigenvalue weighted by molar-refractivity contribution is -0.139. The van der Waals surface area contributed by atoms with Crippen LogP contribution in [-0.2, 0) is 11.3 Å². The van der Waals surface area contributed by atoms with Gasteiger partial charge < -0.3 is 14.4 Å². The lowest BCUT2D eigenvalue weighted by Crippen LogP contribution is -2.60. The Bertz CT molecular complexity index is 1720. The third-order valence-electron chi connectivity index (χ3n) is 9.86. The molecule has 2 aliphatic carbocycles. The number of hydrogen-bond donors (Lipinski definition) is 1. The highest BCUT2D eigenvalue weighted by molar-refractivity contribution is 6.30. The third kappa shape index (κ3) is 5.39. The zero-order valence-corrected chi connectivity index (χ0v) is 26.3. The zero-order chi connectivity index (χ0) is 30.5. The van der Waals surface area contributed by atoms with E-state index >= 15 is 0 Å². The maximum Gasteiger partial charge on any atom is 0.439 e. The number of aromatic nitrogens is 6. The van der Waals surface area contributed by atoms with E-state index in [0.717, 1.165) is 67.1 Å². The van der Waals surface area contributed by atoms with Gasteiger partial charge in [-0.05, 0) is 63.5 Å². The molecular weight excluding hydrogens is 580 g/mol. The number of fused-ring (bicyclic) bond motifs is 1. The molecule has 7 rings (SSSR count). The van der Waals surface area contributed by atoms with Crippen LogP contribution in [0.4, 0.5) is 5.95 Å². The molecule has 1 aliphatic heterocycles. The van der Waals surface area contributed by atoms with Crippen molar-refractivity contribution in [1.82, 2.24) is 34.6 Å². The van der Waals surface area contributed by atoms with Gasteiger partial charge in [0.1, 0.15) is 5.69 Å². The lowest BCUT2D eigenvalue weighted by atomic mass is 9.83.